The number of nitrogens with zero attached hydrogens (tertiary/aromatic N) is 1. The Balaban J connectivity index is 0.000000463. The fraction of sp³-hybridized carbons (Fsp3) is 0.571. The van der Waals surface area contributed by atoms with Crippen LogP contribution in [0.25, 0.3) is 0 Å². The van der Waals surface area contributed by atoms with Crippen molar-refractivity contribution >= 4 is 17.9 Å². The third-order valence-electron chi connectivity index (χ3n) is 4.00. The molecule has 11 heteroatoms. The average molecular weight is 459 g/mol. The fourth-order valence-electron chi connectivity index (χ4n) is 2.42. The van der Waals surface area contributed by atoms with E-state index in [9.17, 15) is 14.4 Å². The zero-order valence-corrected chi connectivity index (χ0v) is 18.8. The van der Waals surface area contributed by atoms with Gasteiger partial charge in [0.25, 0.3) is 0 Å². The molecule has 11 nitrogen and oxygen atoms in total. The predicted molar refractivity (Wildman–Crippen MR) is 113 cm³/mol. The Morgan fingerprint density at radius 1 is 0.938 bits per heavy atom. The number of aliphatic hydroxyl groups is 1. The summed E-state index contributed by atoms with van der Waals surface area (Å²) in [6.45, 7) is 10.9. The third kappa shape index (κ3) is 10.9. The average Bonchev–Trinajstić information content (AvgIpc) is 3.15. The van der Waals surface area contributed by atoms with Crippen LogP contribution in [0.15, 0.2) is 24.3 Å². The maximum atomic E-state index is 10.3. The summed E-state index contributed by atoms with van der Waals surface area (Å²) in [7, 11) is 0. The number of benzene rings is 1. The normalized spacial score (nSPS) is 12.3. The Morgan fingerprint density at radius 3 is 1.62 bits per heavy atom. The highest BCUT2D eigenvalue weighted by Gasteiger charge is 2.40. The van der Waals surface area contributed by atoms with E-state index in [2.05, 4.69) is 13.8 Å². The zero-order chi connectivity index (χ0) is 24.7. The van der Waals surface area contributed by atoms with E-state index in [0.29, 0.717) is 0 Å². The van der Waals surface area contributed by atoms with Crippen molar-refractivity contribution in [2.75, 3.05) is 19.7 Å². The van der Waals surface area contributed by atoms with Gasteiger partial charge in [-0.05, 0) is 19.1 Å². The number of hydroxylamine groups is 2. The highest BCUT2D eigenvalue weighted by Crippen LogP contribution is 2.34. The summed E-state index contributed by atoms with van der Waals surface area (Å²) in [4.78, 5) is 35.7. The summed E-state index contributed by atoms with van der Waals surface area (Å²) < 4.78 is 10.9. The lowest BCUT2D eigenvalue weighted by Crippen LogP contribution is -2.42. The summed E-state index contributed by atoms with van der Waals surface area (Å²) in [6, 6.07) is 7.73. The summed E-state index contributed by atoms with van der Waals surface area (Å²) in [5.74, 6) is -3.30. The summed E-state index contributed by atoms with van der Waals surface area (Å²) in [5, 5.41) is 35.7. The number of carboxylic acids is 3. The lowest BCUT2D eigenvalue weighted by atomic mass is 9.96. The molecule has 0 unspecified atom stereocenters. The first-order chi connectivity index (χ1) is 15.0. The molecule has 0 fully saturated rings. The van der Waals surface area contributed by atoms with Gasteiger partial charge >= 0.3 is 17.9 Å². The van der Waals surface area contributed by atoms with Crippen molar-refractivity contribution in [2.45, 2.75) is 58.8 Å². The molecule has 1 aliphatic rings. The molecule has 4 N–H and O–H groups in total. The number of hydrogen-bond donors (Lipinski definition) is 4. The van der Waals surface area contributed by atoms with Crippen molar-refractivity contribution in [3.8, 4) is 11.5 Å². The maximum Gasteiger partial charge on any atom is 0.336 e. The molecular formula is C21H33NO10. The van der Waals surface area contributed by atoms with Crippen molar-refractivity contribution < 1.29 is 49.1 Å². The molecular weight excluding hydrogens is 426 g/mol. The molecule has 1 aliphatic heterocycles. The SMILES string of the molecule is CCC1Oc2ccccc2O1.CCON(CC)CC.O=C(O)CC(O)(CC(=O)O)C(=O)O. The van der Waals surface area contributed by atoms with E-state index in [4.69, 9.17) is 34.7 Å². The Labute approximate surface area is 187 Å². The van der Waals surface area contributed by atoms with Gasteiger partial charge in [0.05, 0.1) is 19.4 Å². The van der Waals surface area contributed by atoms with Gasteiger partial charge in [0.2, 0.25) is 6.29 Å². The first kappa shape index (κ1) is 29.1. The van der Waals surface area contributed by atoms with Crippen LogP contribution in [-0.4, -0.2) is 75.0 Å². The minimum absolute atomic E-state index is 0.0765. The second kappa shape index (κ2) is 15.0. The zero-order valence-electron chi connectivity index (χ0n) is 18.8. The van der Waals surface area contributed by atoms with E-state index in [0.717, 1.165) is 37.6 Å². The molecule has 0 spiro atoms. The van der Waals surface area contributed by atoms with Crippen molar-refractivity contribution in [3.63, 3.8) is 0 Å². The Morgan fingerprint density at radius 2 is 1.38 bits per heavy atom. The second-order valence-electron chi connectivity index (χ2n) is 6.53. The molecule has 1 aromatic rings. The van der Waals surface area contributed by atoms with Gasteiger partial charge in [0.1, 0.15) is 0 Å². The number of aliphatic carboxylic acids is 3. The number of carboxylic acid groups (broad SMARTS) is 3. The molecule has 0 bridgehead atoms. The van der Waals surface area contributed by atoms with Crippen molar-refractivity contribution in [1.29, 1.82) is 0 Å². The molecule has 0 saturated heterocycles. The van der Waals surface area contributed by atoms with Crippen LogP contribution in [0.2, 0.25) is 0 Å². The monoisotopic (exact) mass is 459 g/mol. The van der Waals surface area contributed by atoms with Gasteiger partial charge in [-0.2, -0.15) is 5.06 Å². The molecule has 182 valence electrons. The minimum Gasteiger partial charge on any atom is -0.481 e. The fourth-order valence-corrected chi connectivity index (χ4v) is 2.42. The second-order valence-corrected chi connectivity index (χ2v) is 6.53. The van der Waals surface area contributed by atoms with Gasteiger partial charge in [0, 0.05) is 19.5 Å². The van der Waals surface area contributed by atoms with Crippen LogP contribution in [-0.2, 0) is 19.2 Å². The number of carbonyl (C=O) groups is 3. The molecule has 0 amide bonds. The molecule has 0 radical (unpaired) electrons. The van der Waals surface area contributed by atoms with Crippen LogP contribution in [0.3, 0.4) is 0 Å². The Hall–Kier alpha value is -2.89. The molecule has 0 aromatic heterocycles. The van der Waals surface area contributed by atoms with Crippen LogP contribution in [0, 0.1) is 0 Å². The molecule has 32 heavy (non-hydrogen) atoms. The highest BCUT2D eigenvalue weighted by atomic mass is 16.7. The Kier molecular flexibility index (Phi) is 13.6. The van der Waals surface area contributed by atoms with Crippen LogP contribution in [0.5, 0.6) is 11.5 Å². The lowest BCUT2D eigenvalue weighted by Gasteiger charge is -2.18. The number of fused-ring (bicyclic) bond motifs is 1. The number of hydrogen-bond acceptors (Lipinski definition) is 8. The van der Waals surface area contributed by atoms with Crippen molar-refractivity contribution in [3.05, 3.63) is 24.3 Å². The van der Waals surface area contributed by atoms with Crippen molar-refractivity contribution in [1.82, 2.24) is 5.06 Å². The van der Waals surface area contributed by atoms with Crippen LogP contribution in [0.1, 0.15) is 47.0 Å². The third-order valence-corrected chi connectivity index (χ3v) is 4.00. The molecule has 0 aliphatic carbocycles. The minimum atomic E-state index is -2.74. The quantitative estimate of drug-likeness (QED) is 0.379. The topological polar surface area (TPSA) is 163 Å². The van der Waals surface area contributed by atoms with Gasteiger partial charge in [-0.3, -0.25) is 14.4 Å². The van der Waals surface area contributed by atoms with Gasteiger partial charge in [-0.1, -0.05) is 32.9 Å². The highest BCUT2D eigenvalue weighted by molar-refractivity contribution is 5.88. The van der Waals surface area contributed by atoms with E-state index in [1.807, 2.05) is 43.2 Å². The van der Waals surface area contributed by atoms with Gasteiger partial charge < -0.3 is 29.9 Å². The van der Waals surface area contributed by atoms with E-state index in [-0.39, 0.29) is 6.29 Å². The molecule has 0 saturated carbocycles. The van der Waals surface area contributed by atoms with Crippen LogP contribution in [0.4, 0.5) is 0 Å². The number of rotatable bonds is 10. The first-order valence-electron chi connectivity index (χ1n) is 10.2. The van der Waals surface area contributed by atoms with E-state index < -0.39 is 36.4 Å². The predicted octanol–water partition coefficient (Wildman–Crippen LogP) is 2.23. The van der Waals surface area contributed by atoms with Gasteiger partial charge in [0.15, 0.2) is 17.1 Å². The van der Waals surface area contributed by atoms with Gasteiger partial charge in [-0.25, -0.2) is 4.79 Å². The lowest BCUT2D eigenvalue weighted by molar-refractivity contribution is -0.170. The molecule has 2 rings (SSSR count). The van der Waals surface area contributed by atoms with E-state index >= 15 is 0 Å². The molecule has 1 aromatic carbocycles. The largest absolute Gasteiger partial charge is 0.481 e. The maximum absolute atomic E-state index is 10.3. The standard InChI is InChI=1S/C9H10O2.C6H15NO.C6H8O7/c1-2-9-10-7-5-3-4-6-8(7)11-9;1-4-7(5-2)8-6-3;7-3(8)1-6(13,5(11)12)2-4(9)10/h3-6,9H,2H2,1H3;4-6H2,1-3H3;13H,1-2H2,(H,7,8)(H,9,10)(H,11,12). The number of para-hydroxylation sites is 2. The summed E-state index contributed by atoms with van der Waals surface area (Å²) >= 11 is 0. The Bertz CT molecular complexity index is 679. The number of ether oxygens (including phenoxy) is 2. The summed E-state index contributed by atoms with van der Waals surface area (Å²) in [5.41, 5.74) is -2.74. The van der Waals surface area contributed by atoms with E-state index in [1.54, 1.807) is 0 Å². The van der Waals surface area contributed by atoms with Crippen LogP contribution < -0.4 is 9.47 Å². The smallest absolute Gasteiger partial charge is 0.336 e. The van der Waals surface area contributed by atoms with Crippen LogP contribution >= 0.6 is 0 Å². The van der Waals surface area contributed by atoms with E-state index in [1.165, 1.54) is 0 Å². The summed E-state index contributed by atoms with van der Waals surface area (Å²) in [6.07, 6.45) is -1.48. The molecule has 0 atom stereocenters. The van der Waals surface area contributed by atoms with Crippen molar-refractivity contribution in [2.24, 2.45) is 0 Å². The first-order valence-corrected chi connectivity index (χ1v) is 10.2. The molecule has 1 heterocycles. The van der Waals surface area contributed by atoms with Gasteiger partial charge in [-0.15, -0.1) is 0 Å².